The molecule has 1 aromatic rings. The smallest absolute Gasteiger partial charge is 0.486 e. The molecule has 0 aliphatic carbocycles. The van der Waals surface area contributed by atoms with Crippen LogP contribution < -0.4 is 14.2 Å². The van der Waals surface area contributed by atoms with Crippen LogP contribution in [0, 0.1) is 6.07 Å². The second kappa shape index (κ2) is 7.62. The van der Waals surface area contributed by atoms with E-state index >= 15 is 0 Å². The Balaban J connectivity index is 3.04. The number of hydrogen-bond donors (Lipinski definition) is 0. The van der Waals surface area contributed by atoms with Gasteiger partial charge in [-0.2, -0.15) is 0 Å². The first-order chi connectivity index (χ1) is 9.43. The third-order valence-corrected chi connectivity index (χ3v) is 2.04. The topological polar surface area (TPSA) is 54.0 Å². The fourth-order valence-corrected chi connectivity index (χ4v) is 1.43. The Bertz CT molecular complexity index is 440. The average molecular weight is 281 g/mol. The van der Waals surface area contributed by atoms with Gasteiger partial charge in [0.15, 0.2) is 11.5 Å². The molecule has 0 fully saturated rings. The summed E-state index contributed by atoms with van der Waals surface area (Å²) in [5.74, 6) is 1.02. The molecule has 1 radical (unpaired) electrons. The summed E-state index contributed by atoms with van der Waals surface area (Å²) < 4.78 is 21.2. The van der Waals surface area contributed by atoms with Crippen molar-refractivity contribution in [2.45, 2.75) is 46.8 Å². The lowest BCUT2D eigenvalue weighted by Crippen LogP contribution is -2.14. The predicted molar refractivity (Wildman–Crippen MR) is 74.5 cm³/mol. The lowest BCUT2D eigenvalue weighted by atomic mass is 10.3. The van der Waals surface area contributed by atoms with Crippen molar-refractivity contribution in [1.82, 2.24) is 0 Å². The van der Waals surface area contributed by atoms with Gasteiger partial charge in [-0.25, -0.2) is 4.79 Å². The molecule has 0 N–H and O–H groups in total. The molecule has 0 aliphatic heterocycles. The van der Waals surface area contributed by atoms with Crippen molar-refractivity contribution in [3.63, 3.8) is 0 Å². The van der Waals surface area contributed by atoms with Crippen LogP contribution in [0.1, 0.15) is 34.6 Å². The Hall–Kier alpha value is -1.91. The van der Waals surface area contributed by atoms with Gasteiger partial charge >= 0.3 is 6.16 Å². The zero-order valence-corrected chi connectivity index (χ0v) is 12.6. The van der Waals surface area contributed by atoms with Crippen LogP contribution in [-0.2, 0) is 4.74 Å². The standard InChI is InChI=1S/C15H21O5/c1-6-17-15(16)20-13-9-7-8-12(18-10(2)3)14(13)19-11(4)5/h7,9-11H,6H2,1-5H3. The first-order valence-corrected chi connectivity index (χ1v) is 6.66. The quantitative estimate of drug-likeness (QED) is 0.589. The molecule has 20 heavy (non-hydrogen) atoms. The van der Waals surface area contributed by atoms with Crippen molar-refractivity contribution in [3.8, 4) is 17.2 Å². The SMILES string of the molecule is CCOC(=O)Oc1cc[c]c(OC(C)C)c1OC(C)C. The van der Waals surface area contributed by atoms with Crippen molar-refractivity contribution in [3.05, 3.63) is 18.2 Å². The summed E-state index contributed by atoms with van der Waals surface area (Å²) in [6.45, 7) is 9.49. The third kappa shape index (κ3) is 4.99. The molecule has 0 aromatic heterocycles. The zero-order chi connectivity index (χ0) is 15.1. The molecule has 0 amide bonds. The van der Waals surface area contributed by atoms with Crippen molar-refractivity contribution >= 4 is 6.16 Å². The first-order valence-electron chi connectivity index (χ1n) is 6.66. The van der Waals surface area contributed by atoms with Crippen LogP contribution in [0.5, 0.6) is 17.2 Å². The molecule has 0 saturated carbocycles. The molecule has 0 atom stereocenters. The number of hydrogen-bond acceptors (Lipinski definition) is 5. The Kier molecular flexibility index (Phi) is 6.15. The van der Waals surface area contributed by atoms with E-state index in [0.29, 0.717) is 11.5 Å². The van der Waals surface area contributed by atoms with E-state index in [-0.39, 0.29) is 24.6 Å². The largest absolute Gasteiger partial charge is 0.513 e. The summed E-state index contributed by atoms with van der Waals surface area (Å²) >= 11 is 0. The van der Waals surface area contributed by atoms with Gasteiger partial charge in [0.05, 0.1) is 18.8 Å². The highest BCUT2D eigenvalue weighted by Gasteiger charge is 2.18. The van der Waals surface area contributed by atoms with Crippen LogP contribution in [0.15, 0.2) is 12.1 Å². The lowest BCUT2D eigenvalue weighted by molar-refractivity contribution is 0.101. The maximum Gasteiger partial charge on any atom is 0.513 e. The molecule has 0 bridgehead atoms. The van der Waals surface area contributed by atoms with Gasteiger partial charge < -0.3 is 18.9 Å². The van der Waals surface area contributed by atoms with E-state index < -0.39 is 6.16 Å². The zero-order valence-electron chi connectivity index (χ0n) is 12.6. The number of ether oxygens (including phenoxy) is 4. The van der Waals surface area contributed by atoms with Crippen LogP contribution in [0.3, 0.4) is 0 Å². The van der Waals surface area contributed by atoms with Crippen LogP contribution in [0.4, 0.5) is 4.79 Å². The van der Waals surface area contributed by atoms with E-state index in [2.05, 4.69) is 6.07 Å². The highest BCUT2D eigenvalue weighted by atomic mass is 16.7. The molecule has 0 spiro atoms. The predicted octanol–water partition coefficient (Wildman–Crippen LogP) is 3.60. The number of carbonyl (C=O) groups excluding carboxylic acids is 1. The summed E-state index contributed by atoms with van der Waals surface area (Å²) in [4.78, 5) is 11.4. The fourth-order valence-electron chi connectivity index (χ4n) is 1.43. The number of rotatable bonds is 6. The van der Waals surface area contributed by atoms with E-state index in [1.165, 1.54) is 0 Å². The van der Waals surface area contributed by atoms with E-state index in [1.54, 1.807) is 19.1 Å². The van der Waals surface area contributed by atoms with E-state index in [1.807, 2.05) is 27.7 Å². The Morgan fingerprint density at radius 3 is 2.40 bits per heavy atom. The molecule has 0 heterocycles. The highest BCUT2D eigenvalue weighted by Crippen LogP contribution is 2.38. The Labute approximate surface area is 119 Å². The van der Waals surface area contributed by atoms with Crippen molar-refractivity contribution in [2.75, 3.05) is 6.61 Å². The van der Waals surface area contributed by atoms with Crippen molar-refractivity contribution < 1.29 is 23.7 Å². The average Bonchev–Trinajstić information content (AvgIpc) is 2.32. The molecule has 5 heteroatoms. The second-order valence-electron chi connectivity index (χ2n) is 4.62. The summed E-state index contributed by atoms with van der Waals surface area (Å²) in [6, 6.07) is 6.14. The Morgan fingerprint density at radius 2 is 1.85 bits per heavy atom. The van der Waals surface area contributed by atoms with E-state index in [0.717, 1.165) is 0 Å². The summed E-state index contributed by atoms with van der Waals surface area (Å²) in [7, 11) is 0. The van der Waals surface area contributed by atoms with Gasteiger partial charge in [0, 0.05) is 6.07 Å². The van der Waals surface area contributed by atoms with Gasteiger partial charge in [-0.05, 0) is 46.8 Å². The second-order valence-corrected chi connectivity index (χ2v) is 4.62. The van der Waals surface area contributed by atoms with E-state index in [4.69, 9.17) is 18.9 Å². The highest BCUT2D eigenvalue weighted by molar-refractivity contribution is 5.66. The minimum Gasteiger partial charge on any atom is -0.486 e. The van der Waals surface area contributed by atoms with Gasteiger partial charge in [-0.1, -0.05) is 0 Å². The summed E-state index contributed by atoms with van der Waals surface area (Å²) in [5, 5.41) is 0. The van der Waals surface area contributed by atoms with E-state index in [9.17, 15) is 4.79 Å². The number of carbonyl (C=O) groups is 1. The summed E-state index contributed by atoms with van der Waals surface area (Å²) in [5.41, 5.74) is 0. The lowest BCUT2D eigenvalue weighted by Gasteiger charge is -2.19. The molecule has 5 nitrogen and oxygen atoms in total. The van der Waals surface area contributed by atoms with Crippen molar-refractivity contribution in [1.29, 1.82) is 0 Å². The van der Waals surface area contributed by atoms with Crippen LogP contribution in [0.25, 0.3) is 0 Å². The molecule has 0 aliphatic rings. The van der Waals surface area contributed by atoms with Gasteiger partial charge in [0.1, 0.15) is 0 Å². The molecule has 0 unspecified atom stereocenters. The number of benzene rings is 1. The molecule has 1 aromatic carbocycles. The maximum atomic E-state index is 11.4. The summed E-state index contributed by atoms with van der Waals surface area (Å²) in [6.07, 6.45) is -0.911. The van der Waals surface area contributed by atoms with Gasteiger partial charge in [-0.3, -0.25) is 0 Å². The third-order valence-electron chi connectivity index (χ3n) is 2.04. The molecular weight excluding hydrogens is 260 g/mol. The van der Waals surface area contributed by atoms with Crippen LogP contribution >= 0.6 is 0 Å². The fraction of sp³-hybridized carbons (Fsp3) is 0.533. The normalized spacial score (nSPS) is 10.6. The van der Waals surface area contributed by atoms with Gasteiger partial charge in [0.25, 0.3) is 0 Å². The maximum absolute atomic E-state index is 11.4. The monoisotopic (exact) mass is 281 g/mol. The first kappa shape index (κ1) is 16.1. The van der Waals surface area contributed by atoms with Crippen LogP contribution in [0.2, 0.25) is 0 Å². The minimum atomic E-state index is -0.775. The molecule has 0 saturated heterocycles. The van der Waals surface area contributed by atoms with Crippen LogP contribution in [-0.4, -0.2) is 25.0 Å². The Morgan fingerprint density at radius 1 is 1.20 bits per heavy atom. The minimum absolute atomic E-state index is 0.0430. The van der Waals surface area contributed by atoms with Gasteiger partial charge in [0.2, 0.25) is 5.75 Å². The molecule has 111 valence electrons. The van der Waals surface area contributed by atoms with Crippen molar-refractivity contribution in [2.24, 2.45) is 0 Å². The van der Waals surface area contributed by atoms with Gasteiger partial charge in [-0.15, -0.1) is 0 Å². The molecule has 1 rings (SSSR count). The molecular formula is C15H21O5.